The molecule has 0 radical (unpaired) electrons. The van der Waals surface area contributed by atoms with Crippen molar-refractivity contribution >= 4 is 56.8 Å². The molecule has 0 fully saturated rings. The molecule has 4 nitrogen and oxygen atoms in total. The third-order valence-electron chi connectivity index (χ3n) is 3.76. The quantitative estimate of drug-likeness (QED) is 0.520. The van der Waals surface area contributed by atoms with E-state index >= 15 is 0 Å². The number of carbonyl (C=O) groups is 1. The Labute approximate surface area is 172 Å². The summed E-state index contributed by atoms with van der Waals surface area (Å²) < 4.78 is 14.1. The summed E-state index contributed by atoms with van der Waals surface area (Å²) >= 11 is 2.93. The molecule has 0 N–H and O–H groups in total. The molecule has 0 aliphatic carbocycles. The van der Waals surface area contributed by atoms with E-state index in [0.29, 0.717) is 6.54 Å². The van der Waals surface area contributed by atoms with Crippen LogP contribution in [-0.4, -0.2) is 48.7 Å². The number of hydrogen-bond acceptors (Lipinski definition) is 5. The number of halogens is 2. The maximum absolute atomic E-state index is 13.0. The SMILES string of the molecule is CN(C)CCN(C(=O)CSc1ccc(F)cc1)c1nc2ccccc2s1.Cl. The number of thiazole rings is 1. The number of para-hydroxylation sites is 1. The summed E-state index contributed by atoms with van der Waals surface area (Å²) in [4.78, 5) is 22.1. The Morgan fingerprint density at radius 3 is 2.48 bits per heavy atom. The van der Waals surface area contributed by atoms with Gasteiger partial charge in [-0.3, -0.25) is 9.69 Å². The van der Waals surface area contributed by atoms with Crippen molar-refractivity contribution in [2.24, 2.45) is 0 Å². The van der Waals surface area contributed by atoms with Crippen molar-refractivity contribution < 1.29 is 9.18 Å². The van der Waals surface area contributed by atoms with E-state index in [9.17, 15) is 9.18 Å². The van der Waals surface area contributed by atoms with Crippen molar-refractivity contribution in [1.29, 1.82) is 0 Å². The first-order chi connectivity index (χ1) is 12.5. The van der Waals surface area contributed by atoms with Gasteiger partial charge in [0, 0.05) is 18.0 Å². The molecule has 1 amide bonds. The van der Waals surface area contributed by atoms with Crippen LogP contribution in [0, 0.1) is 5.82 Å². The number of aromatic nitrogens is 1. The van der Waals surface area contributed by atoms with Gasteiger partial charge in [-0.05, 0) is 50.5 Å². The average molecular weight is 426 g/mol. The third kappa shape index (κ3) is 5.90. The third-order valence-corrected chi connectivity index (χ3v) is 5.82. The normalized spacial score (nSPS) is 10.8. The fraction of sp³-hybridized carbons (Fsp3) is 0.263. The van der Waals surface area contributed by atoms with Crippen molar-refractivity contribution in [2.45, 2.75) is 4.90 Å². The first-order valence-electron chi connectivity index (χ1n) is 8.22. The molecule has 144 valence electrons. The van der Waals surface area contributed by atoms with Crippen molar-refractivity contribution in [2.75, 3.05) is 37.8 Å². The Kier molecular flexibility index (Phi) is 8.04. The van der Waals surface area contributed by atoms with Gasteiger partial charge in [0.2, 0.25) is 5.91 Å². The van der Waals surface area contributed by atoms with E-state index in [0.717, 1.165) is 26.8 Å². The van der Waals surface area contributed by atoms with Crippen molar-refractivity contribution in [3.05, 3.63) is 54.3 Å². The zero-order chi connectivity index (χ0) is 18.5. The van der Waals surface area contributed by atoms with E-state index in [2.05, 4.69) is 4.98 Å². The van der Waals surface area contributed by atoms with Crippen LogP contribution in [0.1, 0.15) is 0 Å². The van der Waals surface area contributed by atoms with Crippen LogP contribution in [0.15, 0.2) is 53.4 Å². The Hall–Kier alpha value is -1.67. The monoisotopic (exact) mass is 425 g/mol. The molecule has 2 aromatic carbocycles. The van der Waals surface area contributed by atoms with E-state index in [1.807, 2.05) is 43.3 Å². The van der Waals surface area contributed by atoms with Gasteiger partial charge in [0.05, 0.1) is 16.0 Å². The molecule has 3 aromatic rings. The number of fused-ring (bicyclic) bond motifs is 1. The number of anilines is 1. The summed E-state index contributed by atoms with van der Waals surface area (Å²) in [5.74, 6) is 0.0117. The minimum atomic E-state index is -0.275. The molecular formula is C19H21ClFN3OS2. The lowest BCUT2D eigenvalue weighted by atomic mass is 10.3. The summed E-state index contributed by atoms with van der Waals surface area (Å²) in [5, 5.41) is 0.720. The lowest BCUT2D eigenvalue weighted by Crippen LogP contribution is -2.37. The summed E-state index contributed by atoms with van der Waals surface area (Å²) in [6, 6.07) is 14.1. The van der Waals surface area contributed by atoms with Crippen molar-refractivity contribution in [3.8, 4) is 0 Å². The number of carbonyl (C=O) groups excluding carboxylic acids is 1. The predicted octanol–water partition coefficient (Wildman–Crippen LogP) is 4.54. The Balaban J connectivity index is 0.00000261. The molecular weight excluding hydrogens is 405 g/mol. The van der Waals surface area contributed by atoms with Gasteiger partial charge < -0.3 is 4.90 Å². The van der Waals surface area contributed by atoms with Gasteiger partial charge in [-0.25, -0.2) is 9.37 Å². The Morgan fingerprint density at radius 1 is 1.11 bits per heavy atom. The molecule has 0 saturated carbocycles. The maximum atomic E-state index is 13.0. The second-order valence-corrected chi connectivity index (χ2v) is 8.11. The molecule has 0 saturated heterocycles. The molecule has 0 unspecified atom stereocenters. The predicted molar refractivity (Wildman–Crippen MR) is 115 cm³/mol. The minimum absolute atomic E-state index is 0. The van der Waals surface area contributed by atoms with E-state index in [1.165, 1.54) is 35.2 Å². The number of rotatable bonds is 7. The highest BCUT2D eigenvalue weighted by atomic mass is 35.5. The van der Waals surface area contributed by atoms with Gasteiger partial charge in [0.1, 0.15) is 5.82 Å². The molecule has 27 heavy (non-hydrogen) atoms. The second kappa shape index (κ2) is 10.0. The van der Waals surface area contributed by atoms with Crippen LogP contribution in [0.2, 0.25) is 0 Å². The topological polar surface area (TPSA) is 36.4 Å². The molecule has 0 spiro atoms. The highest BCUT2D eigenvalue weighted by molar-refractivity contribution is 8.00. The molecule has 0 aliphatic heterocycles. The number of amides is 1. The number of nitrogens with zero attached hydrogens (tertiary/aromatic N) is 3. The smallest absolute Gasteiger partial charge is 0.239 e. The first-order valence-corrected chi connectivity index (χ1v) is 10.0. The Bertz CT molecular complexity index is 853. The summed E-state index contributed by atoms with van der Waals surface area (Å²) in [6.07, 6.45) is 0. The average Bonchev–Trinajstić information content (AvgIpc) is 3.05. The highest BCUT2D eigenvalue weighted by Gasteiger charge is 2.20. The largest absolute Gasteiger partial charge is 0.308 e. The molecule has 0 atom stereocenters. The van der Waals surface area contributed by atoms with E-state index in [1.54, 1.807) is 17.0 Å². The summed E-state index contributed by atoms with van der Waals surface area (Å²) in [6.45, 7) is 1.33. The van der Waals surface area contributed by atoms with Gasteiger partial charge in [-0.2, -0.15) is 0 Å². The van der Waals surface area contributed by atoms with Gasteiger partial charge >= 0.3 is 0 Å². The van der Waals surface area contributed by atoms with Crippen LogP contribution in [0.3, 0.4) is 0 Å². The number of benzene rings is 2. The van der Waals surface area contributed by atoms with Crippen molar-refractivity contribution in [1.82, 2.24) is 9.88 Å². The van der Waals surface area contributed by atoms with Gasteiger partial charge in [0.25, 0.3) is 0 Å². The van der Waals surface area contributed by atoms with E-state index < -0.39 is 0 Å². The fourth-order valence-electron chi connectivity index (χ4n) is 2.36. The Morgan fingerprint density at radius 2 is 1.81 bits per heavy atom. The molecule has 1 aromatic heterocycles. The van der Waals surface area contributed by atoms with Crippen molar-refractivity contribution in [3.63, 3.8) is 0 Å². The van der Waals surface area contributed by atoms with Gasteiger partial charge in [-0.15, -0.1) is 24.2 Å². The standard InChI is InChI=1S/C19H20FN3OS2.ClH/c1-22(2)11-12-23(19-21-16-5-3-4-6-17(16)26-19)18(24)13-25-15-9-7-14(20)8-10-15;/h3-10H,11-13H2,1-2H3;1H. The highest BCUT2D eigenvalue weighted by Crippen LogP contribution is 2.29. The van der Waals surface area contributed by atoms with Crippen LogP contribution in [-0.2, 0) is 4.79 Å². The summed E-state index contributed by atoms with van der Waals surface area (Å²) in [5.41, 5.74) is 0.904. The fourth-order valence-corrected chi connectivity index (χ4v) is 4.14. The first kappa shape index (κ1) is 21.6. The van der Waals surface area contributed by atoms with Crippen LogP contribution in [0.4, 0.5) is 9.52 Å². The zero-order valence-corrected chi connectivity index (χ0v) is 17.5. The maximum Gasteiger partial charge on any atom is 0.239 e. The van der Waals surface area contributed by atoms with Crippen LogP contribution < -0.4 is 4.90 Å². The zero-order valence-electron chi connectivity index (χ0n) is 15.1. The molecule has 3 rings (SSSR count). The molecule has 0 bridgehead atoms. The van der Waals surface area contributed by atoms with Crippen LogP contribution in [0.5, 0.6) is 0 Å². The van der Waals surface area contributed by atoms with Gasteiger partial charge in [-0.1, -0.05) is 23.5 Å². The second-order valence-electron chi connectivity index (χ2n) is 6.06. The number of thioether (sulfide) groups is 1. The molecule has 8 heteroatoms. The number of likely N-dealkylation sites (N-methyl/N-ethyl adjacent to an activating group) is 1. The summed E-state index contributed by atoms with van der Waals surface area (Å²) in [7, 11) is 3.96. The van der Waals surface area contributed by atoms with E-state index in [-0.39, 0.29) is 29.9 Å². The van der Waals surface area contributed by atoms with Crippen LogP contribution >= 0.6 is 35.5 Å². The van der Waals surface area contributed by atoms with E-state index in [4.69, 9.17) is 0 Å². The molecule has 1 heterocycles. The molecule has 0 aliphatic rings. The lowest BCUT2D eigenvalue weighted by Gasteiger charge is -2.21. The van der Waals surface area contributed by atoms with Crippen LogP contribution in [0.25, 0.3) is 10.2 Å². The van der Waals surface area contributed by atoms with Gasteiger partial charge in [0.15, 0.2) is 5.13 Å². The minimum Gasteiger partial charge on any atom is -0.308 e. The number of hydrogen-bond donors (Lipinski definition) is 0. The lowest BCUT2D eigenvalue weighted by molar-refractivity contribution is -0.116.